The average molecular weight is 299 g/mol. The predicted molar refractivity (Wildman–Crippen MR) is 72.1 cm³/mol. The van der Waals surface area contributed by atoms with E-state index in [1.54, 1.807) is 7.11 Å². The first-order valence-corrected chi connectivity index (χ1v) is 6.16. The number of hydrogen-bond donors (Lipinski definition) is 3. The van der Waals surface area contributed by atoms with Gasteiger partial charge in [0.05, 0.1) is 13.2 Å². The lowest BCUT2D eigenvalue weighted by molar-refractivity contribution is 0.415. The van der Waals surface area contributed by atoms with E-state index >= 15 is 0 Å². The molecule has 0 aromatic heterocycles. The SMILES string of the molecule is COc1cc(Br)cc(NC(=NC2CC2)NN)c1. The van der Waals surface area contributed by atoms with Crippen LogP contribution in [0.1, 0.15) is 12.8 Å². The van der Waals surface area contributed by atoms with Gasteiger partial charge < -0.3 is 10.1 Å². The molecule has 1 aromatic carbocycles. The van der Waals surface area contributed by atoms with Crippen LogP contribution in [0.5, 0.6) is 5.75 Å². The van der Waals surface area contributed by atoms with Crippen molar-refractivity contribution >= 4 is 27.6 Å². The zero-order valence-electron chi connectivity index (χ0n) is 9.53. The zero-order chi connectivity index (χ0) is 12.3. The third-order valence-electron chi connectivity index (χ3n) is 2.37. The Kier molecular flexibility index (Phi) is 3.86. The largest absolute Gasteiger partial charge is 0.497 e. The second-order valence-electron chi connectivity index (χ2n) is 3.86. The molecule has 0 spiro atoms. The third-order valence-corrected chi connectivity index (χ3v) is 2.82. The molecule has 0 aliphatic heterocycles. The topological polar surface area (TPSA) is 71.7 Å². The van der Waals surface area contributed by atoms with Gasteiger partial charge in [0.15, 0.2) is 0 Å². The summed E-state index contributed by atoms with van der Waals surface area (Å²) in [5.41, 5.74) is 3.43. The van der Waals surface area contributed by atoms with Gasteiger partial charge in [0.1, 0.15) is 5.75 Å². The van der Waals surface area contributed by atoms with E-state index in [4.69, 9.17) is 10.6 Å². The first-order valence-electron chi connectivity index (χ1n) is 5.37. The molecule has 6 heteroatoms. The molecule has 0 amide bonds. The van der Waals surface area contributed by atoms with Crippen LogP contribution in [0, 0.1) is 0 Å². The second-order valence-corrected chi connectivity index (χ2v) is 4.77. The van der Waals surface area contributed by atoms with Crippen LogP contribution in [-0.2, 0) is 0 Å². The lowest BCUT2D eigenvalue weighted by Crippen LogP contribution is -2.36. The molecule has 0 saturated heterocycles. The van der Waals surface area contributed by atoms with Crippen molar-refractivity contribution < 1.29 is 4.74 Å². The van der Waals surface area contributed by atoms with Crippen LogP contribution in [-0.4, -0.2) is 19.1 Å². The van der Waals surface area contributed by atoms with Crippen molar-refractivity contribution in [1.82, 2.24) is 5.43 Å². The Morgan fingerprint density at radius 3 is 2.82 bits per heavy atom. The Morgan fingerprint density at radius 1 is 1.47 bits per heavy atom. The number of aliphatic imine (C=N–C) groups is 1. The molecule has 0 heterocycles. The number of halogens is 1. The molecule has 0 bridgehead atoms. The fourth-order valence-corrected chi connectivity index (χ4v) is 1.85. The second kappa shape index (κ2) is 5.37. The minimum atomic E-state index is 0.405. The van der Waals surface area contributed by atoms with Crippen molar-refractivity contribution in [3.8, 4) is 5.75 Å². The molecule has 5 nitrogen and oxygen atoms in total. The molecule has 4 N–H and O–H groups in total. The van der Waals surface area contributed by atoms with Gasteiger partial charge in [-0.1, -0.05) is 15.9 Å². The van der Waals surface area contributed by atoms with Crippen LogP contribution < -0.4 is 21.3 Å². The molecule has 0 radical (unpaired) electrons. The number of benzene rings is 1. The monoisotopic (exact) mass is 298 g/mol. The number of methoxy groups -OCH3 is 1. The van der Waals surface area contributed by atoms with Crippen LogP contribution in [0.25, 0.3) is 0 Å². The Morgan fingerprint density at radius 2 is 2.24 bits per heavy atom. The van der Waals surface area contributed by atoms with Gasteiger partial charge in [-0.3, -0.25) is 5.43 Å². The van der Waals surface area contributed by atoms with E-state index < -0.39 is 0 Å². The number of nitrogens with one attached hydrogen (secondary N) is 2. The smallest absolute Gasteiger partial charge is 0.210 e. The van der Waals surface area contributed by atoms with Crippen LogP contribution in [0.2, 0.25) is 0 Å². The van der Waals surface area contributed by atoms with Gasteiger partial charge in [0.25, 0.3) is 0 Å². The fraction of sp³-hybridized carbons (Fsp3) is 0.364. The number of nitrogens with two attached hydrogens (primary N) is 1. The maximum absolute atomic E-state index is 5.42. The van der Waals surface area contributed by atoms with Gasteiger partial charge in [-0.25, -0.2) is 10.8 Å². The summed E-state index contributed by atoms with van der Waals surface area (Å²) in [6, 6.07) is 6.11. The quantitative estimate of drug-likeness (QED) is 0.345. The van der Waals surface area contributed by atoms with Gasteiger partial charge in [0, 0.05) is 16.2 Å². The zero-order valence-corrected chi connectivity index (χ0v) is 11.1. The lowest BCUT2D eigenvalue weighted by Gasteiger charge is -2.10. The molecule has 1 aliphatic carbocycles. The first-order chi connectivity index (χ1) is 8.21. The molecule has 2 rings (SSSR count). The predicted octanol–water partition coefficient (Wildman–Crippen LogP) is 1.85. The van der Waals surface area contributed by atoms with Crippen molar-refractivity contribution in [2.75, 3.05) is 12.4 Å². The summed E-state index contributed by atoms with van der Waals surface area (Å²) >= 11 is 3.42. The summed E-state index contributed by atoms with van der Waals surface area (Å²) in [6.45, 7) is 0. The van der Waals surface area contributed by atoms with E-state index in [-0.39, 0.29) is 0 Å². The molecule has 1 aromatic rings. The number of ether oxygens (including phenoxy) is 1. The van der Waals surface area contributed by atoms with Crippen LogP contribution in [0.4, 0.5) is 5.69 Å². The van der Waals surface area contributed by atoms with Crippen molar-refractivity contribution in [2.24, 2.45) is 10.8 Å². The third kappa shape index (κ3) is 3.61. The highest BCUT2D eigenvalue weighted by Gasteiger charge is 2.21. The number of rotatable bonds is 3. The number of nitrogens with zero attached hydrogens (tertiary/aromatic N) is 1. The summed E-state index contributed by atoms with van der Waals surface area (Å²) in [5, 5.41) is 3.12. The van der Waals surface area contributed by atoms with E-state index in [1.165, 1.54) is 0 Å². The minimum absolute atomic E-state index is 0.405. The van der Waals surface area contributed by atoms with Crippen LogP contribution >= 0.6 is 15.9 Å². The highest BCUT2D eigenvalue weighted by Crippen LogP contribution is 2.26. The Labute approximate surface area is 109 Å². The number of anilines is 1. The maximum Gasteiger partial charge on any atom is 0.210 e. The average Bonchev–Trinajstić information content (AvgIpc) is 3.11. The molecule has 1 saturated carbocycles. The molecular formula is C11H15BrN4O. The summed E-state index contributed by atoms with van der Waals surface area (Å²) in [7, 11) is 1.63. The number of guanidine groups is 1. The standard InChI is InChI=1S/C11H15BrN4O/c1-17-10-5-7(12)4-9(6-10)15-11(16-13)14-8-2-3-8/h4-6,8H,2-3,13H2,1H3,(H2,14,15,16). The summed E-state index contributed by atoms with van der Waals surface area (Å²) in [6.07, 6.45) is 2.27. The Balaban J connectivity index is 2.13. The summed E-state index contributed by atoms with van der Waals surface area (Å²) in [4.78, 5) is 4.40. The van der Waals surface area contributed by atoms with Gasteiger partial charge >= 0.3 is 0 Å². The summed E-state index contributed by atoms with van der Waals surface area (Å²) < 4.78 is 6.12. The maximum atomic E-state index is 5.42. The molecule has 0 unspecified atom stereocenters. The van der Waals surface area contributed by atoms with Gasteiger partial charge in [-0.05, 0) is 25.0 Å². The van der Waals surface area contributed by atoms with E-state index in [1.807, 2.05) is 18.2 Å². The van der Waals surface area contributed by atoms with Crippen molar-refractivity contribution in [2.45, 2.75) is 18.9 Å². The molecule has 1 aliphatic rings. The molecule has 1 fully saturated rings. The fourth-order valence-electron chi connectivity index (χ4n) is 1.38. The highest BCUT2D eigenvalue weighted by atomic mass is 79.9. The van der Waals surface area contributed by atoms with E-state index in [0.717, 1.165) is 28.8 Å². The van der Waals surface area contributed by atoms with Crippen LogP contribution in [0.15, 0.2) is 27.7 Å². The van der Waals surface area contributed by atoms with Gasteiger partial charge in [0.2, 0.25) is 5.96 Å². The van der Waals surface area contributed by atoms with Gasteiger partial charge in [-0.2, -0.15) is 0 Å². The van der Waals surface area contributed by atoms with E-state index in [9.17, 15) is 0 Å². The van der Waals surface area contributed by atoms with Gasteiger partial charge in [-0.15, -0.1) is 0 Å². The number of hydrogen-bond acceptors (Lipinski definition) is 3. The van der Waals surface area contributed by atoms with Crippen molar-refractivity contribution in [3.05, 3.63) is 22.7 Å². The highest BCUT2D eigenvalue weighted by molar-refractivity contribution is 9.10. The minimum Gasteiger partial charge on any atom is -0.497 e. The first kappa shape index (κ1) is 12.2. The van der Waals surface area contributed by atoms with E-state index in [0.29, 0.717) is 12.0 Å². The molecule has 92 valence electrons. The molecule has 17 heavy (non-hydrogen) atoms. The van der Waals surface area contributed by atoms with Crippen molar-refractivity contribution in [3.63, 3.8) is 0 Å². The summed E-state index contributed by atoms with van der Waals surface area (Å²) in [5.74, 6) is 6.76. The normalized spacial score (nSPS) is 15.6. The van der Waals surface area contributed by atoms with Crippen molar-refractivity contribution in [1.29, 1.82) is 0 Å². The molecular weight excluding hydrogens is 284 g/mol. The molecule has 0 atom stereocenters. The Hall–Kier alpha value is -1.27. The Bertz CT molecular complexity index is 431. The lowest BCUT2D eigenvalue weighted by atomic mass is 10.3. The van der Waals surface area contributed by atoms with E-state index in [2.05, 4.69) is 31.7 Å². The number of hydrazine groups is 1. The van der Waals surface area contributed by atoms with Crippen LogP contribution in [0.3, 0.4) is 0 Å².